The quantitative estimate of drug-likeness (QED) is 0.836. The van der Waals surface area contributed by atoms with E-state index in [4.69, 9.17) is 0 Å². The van der Waals surface area contributed by atoms with Gasteiger partial charge in [-0.15, -0.1) is 0 Å². The van der Waals surface area contributed by atoms with Crippen molar-refractivity contribution in [1.82, 2.24) is 5.32 Å². The van der Waals surface area contributed by atoms with E-state index >= 15 is 0 Å². The van der Waals surface area contributed by atoms with Gasteiger partial charge in [-0.3, -0.25) is 0 Å². The molecule has 1 N–H and O–H groups in total. The average Bonchev–Trinajstić information content (AvgIpc) is 2.51. The van der Waals surface area contributed by atoms with Crippen molar-refractivity contribution in [2.75, 3.05) is 24.5 Å². The minimum atomic E-state index is 0.619. The molecule has 3 rings (SSSR count). The standard InChI is InChI=1S/C19H30N2/c1-2-19(11-6-12-19)16-20-15-17-7-9-18(10-8-17)21-13-4-3-5-14-21/h7-10,20H,2-6,11-16H2,1H3. The van der Waals surface area contributed by atoms with Gasteiger partial charge in [-0.05, 0) is 61.6 Å². The van der Waals surface area contributed by atoms with Crippen LogP contribution in [-0.2, 0) is 6.54 Å². The molecule has 1 aliphatic carbocycles. The summed E-state index contributed by atoms with van der Waals surface area (Å²) in [7, 11) is 0. The van der Waals surface area contributed by atoms with Crippen LogP contribution in [0.15, 0.2) is 24.3 Å². The minimum absolute atomic E-state index is 0.619. The summed E-state index contributed by atoms with van der Waals surface area (Å²) in [6.07, 6.45) is 9.70. The number of hydrogen-bond acceptors (Lipinski definition) is 2. The maximum Gasteiger partial charge on any atom is 0.0366 e. The third-order valence-corrected chi connectivity index (χ3v) is 5.65. The molecule has 2 nitrogen and oxygen atoms in total. The minimum Gasteiger partial charge on any atom is -0.372 e. The molecular formula is C19H30N2. The van der Waals surface area contributed by atoms with Gasteiger partial charge in [0.2, 0.25) is 0 Å². The number of anilines is 1. The lowest BCUT2D eigenvalue weighted by Gasteiger charge is -2.41. The lowest BCUT2D eigenvalue weighted by molar-refractivity contribution is 0.124. The molecule has 1 heterocycles. The normalized spacial score (nSPS) is 21.1. The SMILES string of the molecule is CCC1(CNCc2ccc(N3CCCCC3)cc2)CCC1. The molecule has 2 heteroatoms. The Hall–Kier alpha value is -1.02. The Kier molecular flexibility index (Phi) is 4.84. The Morgan fingerprint density at radius 1 is 1.00 bits per heavy atom. The van der Waals surface area contributed by atoms with E-state index in [0.717, 1.165) is 6.54 Å². The highest BCUT2D eigenvalue weighted by atomic mass is 15.1. The molecule has 0 spiro atoms. The number of nitrogens with zero attached hydrogens (tertiary/aromatic N) is 1. The van der Waals surface area contributed by atoms with Crippen molar-refractivity contribution in [1.29, 1.82) is 0 Å². The van der Waals surface area contributed by atoms with E-state index in [0.29, 0.717) is 5.41 Å². The molecule has 0 bridgehead atoms. The van der Waals surface area contributed by atoms with E-state index in [9.17, 15) is 0 Å². The zero-order valence-corrected chi connectivity index (χ0v) is 13.5. The van der Waals surface area contributed by atoms with Crippen LogP contribution in [0.25, 0.3) is 0 Å². The maximum absolute atomic E-state index is 3.68. The van der Waals surface area contributed by atoms with Crippen LogP contribution >= 0.6 is 0 Å². The lowest BCUT2D eigenvalue weighted by atomic mass is 9.67. The molecule has 0 amide bonds. The molecule has 0 unspecified atom stereocenters. The van der Waals surface area contributed by atoms with Crippen LogP contribution in [0, 0.1) is 5.41 Å². The van der Waals surface area contributed by atoms with Crippen molar-refractivity contribution < 1.29 is 0 Å². The van der Waals surface area contributed by atoms with E-state index in [1.807, 2.05) is 0 Å². The monoisotopic (exact) mass is 286 g/mol. The molecule has 1 aliphatic heterocycles. The van der Waals surface area contributed by atoms with E-state index in [1.165, 1.54) is 75.8 Å². The topological polar surface area (TPSA) is 15.3 Å². The van der Waals surface area contributed by atoms with E-state index in [1.54, 1.807) is 0 Å². The van der Waals surface area contributed by atoms with Crippen LogP contribution < -0.4 is 10.2 Å². The maximum atomic E-state index is 3.68. The van der Waals surface area contributed by atoms with Crippen molar-refractivity contribution in [3.63, 3.8) is 0 Å². The molecular weight excluding hydrogens is 256 g/mol. The molecule has 0 atom stereocenters. The highest BCUT2D eigenvalue weighted by Crippen LogP contribution is 2.43. The largest absolute Gasteiger partial charge is 0.372 e. The summed E-state index contributed by atoms with van der Waals surface area (Å²) in [6.45, 7) is 7.01. The fraction of sp³-hybridized carbons (Fsp3) is 0.684. The molecule has 1 saturated carbocycles. The summed E-state index contributed by atoms with van der Waals surface area (Å²) in [5.74, 6) is 0. The molecule has 1 aromatic carbocycles. The summed E-state index contributed by atoms with van der Waals surface area (Å²) >= 11 is 0. The van der Waals surface area contributed by atoms with Gasteiger partial charge in [0.15, 0.2) is 0 Å². The van der Waals surface area contributed by atoms with Gasteiger partial charge in [0, 0.05) is 31.9 Å². The molecule has 0 aromatic heterocycles. The molecule has 2 aliphatic rings. The number of hydrogen-bond donors (Lipinski definition) is 1. The van der Waals surface area contributed by atoms with Crippen molar-refractivity contribution in [2.45, 2.75) is 58.4 Å². The Bertz CT molecular complexity index is 422. The van der Waals surface area contributed by atoms with Gasteiger partial charge in [-0.1, -0.05) is 25.5 Å². The molecule has 1 aromatic rings. The van der Waals surface area contributed by atoms with Crippen LogP contribution in [0.3, 0.4) is 0 Å². The van der Waals surface area contributed by atoms with E-state index < -0.39 is 0 Å². The zero-order chi connectivity index (χ0) is 14.5. The Morgan fingerprint density at radius 3 is 2.29 bits per heavy atom. The van der Waals surface area contributed by atoms with Crippen LogP contribution in [0.1, 0.15) is 57.4 Å². The average molecular weight is 286 g/mol. The van der Waals surface area contributed by atoms with Crippen LogP contribution in [-0.4, -0.2) is 19.6 Å². The third kappa shape index (κ3) is 3.60. The third-order valence-electron chi connectivity index (χ3n) is 5.65. The molecule has 2 fully saturated rings. The summed E-state index contributed by atoms with van der Waals surface area (Å²) in [5.41, 5.74) is 3.44. The first kappa shape index (κ1) is 14.9. The molecule has 1 saturated heterocycles. The summed E-state index contributed by atoms with van der Waals surface area (Å²) in [5, 5.41) is 3.68. The molecule has 116 valence electrons. The number of rotatable bonds is 6. The van der Waals surface area contributed by atoms with Gasteiger partial charge in [-0.25, -0.2) is 0 Å². The lowest BCUT2D eigenvalue weighted by Crippen LogP contribution is -2.39. The summed E-state index contributed by atoms with van der Waals surface area (Å²) in [4.78, 5) is 2.53. The second-order valence-electron chi connectivity index (χ2n) is 7.02. The van der Waals surface area contributed by atoms with Gasteiger partial charge >= 0.3 is 0 Å². The summed E-state index contributed by atoms with van der Waals surface area (Å²) in [6, 6.07) is 9.22. The van der Waals surface area contributed by atoms with Gasteiger partial charge in [0.25, 0.3) is 0 Å². The second-order valence-corrected chi connectivity index (χ2v) is 7.02. The van der Waals surface area contributed by atoms with Gasteiger partial charge in [0.05, 0.1) is 0 Å². The molecule has 0 radical (unpaired) electrons. The van der Waals surface area contributed by atoms with Crippen LogP contribution in [0.2, 0.25) is 0 Å². The predicted octanol–water partition coefficient (Wildman–Crippen LogP) is 4.35. The first-order valence-corrected chi connectivity index (χ1v) is 8.86. The van der Waals surface area contributed by atoms with Crippen molar-refractivity contribution >= 4 is 5.69 Å². The van der Waals surface area contributed by atoms with Gasteiger partial charge < -0.3 is 10.2 Å². The van der Waals surface area contributed by atoms with Crippen molar-refractivity contribution in [3.8, 4) is 0 Å². The number of nitrogens with one attached hydrogen (secondary N) is 1. The van der Waals surface area contributed by atoms with E-state index in [-0.39, 0.29) is 0 Å². The summed E-state index contributed by atoms with van der Waals surface area (Å²) < 4.78 is 0. The fourth-order valence-corrected chi connectivity index (χ4v) is 3.78. The number of piperidine rings is 1. The van der Waals surface area contributed by atoms with Crippen LogP contribution in [0.5, 0.6) is 0 Å². The van der Waals surface area contributed by atoms with Gasteiger partial charge in [-0.2, -0.15) is 0 Å². The van der Waals surface area contributed by atoms with Gasteiger partial charge in [0.1, 0.15) is 0 Å². The van der Waals surface area contributed by atoms with E-state index in [2.05, 4.69) is 41.4 Å². The number of benzene rings is 1. The van der Waals surface area contributed by atoms with Crippen LogP contribution in [0.4, 0.5) is 5.69 Å². The first-order chi connectivity index (χ1) is 10.3. The first-order valence-electron chi connectivity index (χ1n) is 8.86. The fourth-order valence-electron chi connectivity index (χ4n) is 3.78. The Morgan fingerprint density at radius 2 is 1.71 bits per heavy atom. The highest BCUT2D eigenvalue weighted by Gasteiger charge is 2.34. The van der Waals surface area contributed by atoms with Crippen molar-refractivity contribution in [2.24, 2.45) is 5.41 Å². The Labute approximate surface area is 129 Å². The molecule has 21 heavy (non-hydrogen) atoms. The Balaban J connectivity index is 1.48. The smallest absolute Gasteiger partial charge is 0.0366 e. The van der Waals surface area contributed by atoms with Crippen molar-refractivity contribution in [3.05, 3.63) is 29.8 Å². The predicted molar refractivity (Wildman–Crippen MR) is 90.8 cm³/mol. The second kappa shape index (κ2) is 6.83. The zero-order valence-electron chi connectivity index (χ0n) is 13.5. The highest BCUT2D eigenvalue weighted by molar-refractivity contribution is 5.47.